The Morgan fingerprint density at radius 3 is 2.86 bits per heavy atom. The average molecular weight is 478 g/mol. The average Bonchev–Trinajstić information content (AvgIpc) is 3.39. The lowest BCUT2D eigenvalue weighted by molar-refractivity contribution is -0.121. The lowest BCUT2D eigenvalue weighted by atomic mass is 10.1. The predicted octanol–water partition coefficient (Wildman–Crippen LogP) is 4.53. The Kier molecular flexibility index (Phi) is 6.15. The summed E-state index contributed by atoms with van der Waals surface area (Å²) in [5, 5.41) is 8.98. The van der Waals surface area contributed by atoms with Crippen LogP contribution in [0.25, 0.3) is 10.7 Å². The van der Waals surface area contributed by atoms with Crippen LogP contribution in [0.4, 0.5) is 0 Å². The largest absolute Gasteiger partial charge is 0.486 e. The van der Waals surface area contributed by atoms with Crippen molar-refractivity contribution in [3.63, 3.8) is 0 Å². The van der Waals surface area contributed by atoms with Crippen molar-refractivity contribution in [1.29, 1.82) is 0 Å². The molecule has 2 aromatic heterocycles. The van der Waals surface area contributed by atoms with Crippen LogP contribution in [-0.2, 0) is 11.2 Å². The molecule has 0 aliphatic carbocycles. The van der Waals surface area contributed by atoms with Crippen molar-refractivity contribution in [2.24, 2.45) is 0 Å². The van der Waals surface area contributed by atoms with Gasteiger partial charge in [-0.2, -0.15) is 4.98 Å². The molecule has 0 saturated heterocycles. The summed E-state index contributed by atoms with van der Waals surface area (Å²) in [5.41, 5.74) is 0.945. The summed E-state index contributed by atoms with van der Waals surface area (Å²) < 4.78 is 17.4. The van der Waals surface area contributed by atoms with Gasteiger partial charge in [0, 0.05) is 17.3 Å². The topological polar surface area (TPSA) is 86.5 Å². The molecule has 1 aromatic carbocycles. The first-order chi connectivity index (χ1) is 14.1. The van der Waals surface area contributed by atoms with Gasteiger partial charge in [0.15, 0.2) is 11.5 Å². The molecule has 4 rings (SSSR count). The van der Waals surface area contributed by atoms with Crippen LogP contribution in [0.2, 0.25) is 0 Å². The summed E-state index contributed by atoms with van der Waals surface area (Å²) in [6, 6.07) is 7.52. The first kappa shape index (κ1) is 19.9. The van der Waals surface area contributed by atoms with Crippen LogP contribution in [0.5, 0.6) is 11.5 Å². The van der Waals surface area contributed by atoms with Crippen molar-refractivity contribution in [3.8, 4) is 22.2 Å². The van der Waals surface area contributed by atoms with Gasteiger partial charge in [-0.1, -0.05) is 27.2 Å². The number of benzene rings is 1. The van der Waals surface area contributed by atoms with E-state index >= 15 is 0 Å². The van der Waals surface area contributed by atoms with E-state index < -0.39 is 0 Å². The number of ether oxygens (including phenoxy) is 2. The molecule has 0 bridgehead atoms. The molecule has 1 atom stereocenters. The third kappa shape index (κ3) is 4.79. The molecule has 1 amide bonds. The van der Waals surface area contributed by atoms with E-state index in [1.807, 2.05) is 36.6 Å². The van der Waals surface area contributed by atoms with Crippen molar-refractivity contribution in [2.45, 2.75) is 32.2 Å². The maximum absolute atomic E-state index is 12.4. The molecule has 3 aromatic rings. The van der Waals surface area contributed by atoms with E-state index in [1.165, 1.54) is 0 Å². The second kappa shape index (κ2) is 8.96. The SMILES string of the molecule is CC(NC(=O)CCCc1nc(-c2cccs2)no1)c1cc2c(cc1Br)OCCO2. The lowest BCUT2D eigenvalue weighted by Gasteiger charge is -2.22. The molecular weight excluding hydrogens is 458 g/mol. The second-order valence-corrected chi connectivity index (χ2v) is 8.45. The van der Waals surface area contributed by atoms with Gasteiger partial charge in [0.05, 0.1) is 10.9 Å². The highest BCUT2D eigenvalue weighted by Gasteiger charge is 2.19. The molecule has 7 nitrogen and oxygen atoms in total. The Bertz CT molecular complexity index is 990. The number of halogens is 1. The Hall–Kier alpha value is -2.39. The number of nitrogens with one attached hydrogen (secondary N) is 1. The van der Waals surface area contributed by atoms with Crippen molar-refractivity contribution < 1.29 is 18.8 Å². The van der Waals surface area contributed by atoms with Gasteiger partial charge in [0.2, 0.25) is 17.6 Å². The molecule has 152 valence electrons. The summed E-state index contributed by atoms with van der Waals surface area (Å²) in [6.45, 7) is 3.01. The maximum Gasteiger partial charge on any atom is 0.226 e. The van der Waals surface area contributed by atoms with Gasteiger partial charge in [0.25, 0.3) is 0 Å². The van der Waals surface area contributed by atoms with Gasteiger partial charge >= 0.3 is 0 Å². The molecule has 9 heteroatoms. The summed E-state index contributed by atoms with van der Waals surface area (Å²) >= 11 is 5.12. The van der Waals surface area contributed by atoms with Crippen molar-refractivity contribution in [1.82, 2.24) is 15.5 Å². The monoisotopic (exact) mass is 477 g/mol. The van der Waals surface area contributed by atoms with Crippen LogP contribution < -0.4 is 14.8 Å². The van der Waals surface area contributed by atoms with Crippen LogP contribution in [-0.4, -0.2) is 29.3 Å². The fraction of sp³-hybridized carbons (Fsp3) is 0.350. The van der Waals surface area contributed by atoms with Crippen molar-refractivity contribution in [3.05, 3.63) is 45.6 Å². The second-order valence-electron chi connectivity index (χ2n) is 6.65. The van der Waals surface area contributed by atoms with Crippen LogP contribution in [0.1, 0.15) is 37.3 Å². The van der Waals surface area contributed by atoms with E-state index in [0.29, 0.717) is 55.7 Å². The summed E-state index contributed by atoms with van der Waals surface area (Å²) in [4.78, 5) is 17.7. The molecule has 0 radical (unpaired) electrons. The van der Waals surface area contributed by atoms with E-state index in [1.54, 1.807) is 11.3 Å². The van der Waals surface area contributed by atoms with Gasteiger partial charge in [-0.25, -0.2) is 0 Å². The number of rotatable bonds is 7. The van der Waals surface area contributed by atoms with Gasteiger partial charge in [-0.15, -0.1) is 11.3 Å². The molecule has 1 aliphatic heterocycles. The third-order valence-electron chi connectivity index (χ3n) is 4.51. The molecule has 3 heterocycles. The number of aryl methyl sites for hydroxylation is 1. The summed E-state index contributed by atoms with van der Waals surface area (Å²) in [5.74, 6) is 2.53. The van der Waals surface area contributed by atoms with Gasteiger partial charge in [0.1, 0.15) is 13.2 Å². The normalized spacial score (nSPS) is 13.9. The molecule has 0 saturated carbocycles. The Morgan fingerprint density at radius 1 is 1.31 bits per heavy atom. The number of carbonyl (C=O) groups excluding carboxylic acids is 1. The molecule has 1 N–H and O–H groups in total. The number of aromatic nitrogens is 2. The summed E-state index contributed by atoms with van der Waals surface area (Å²) in [7, 11) is 0. The zero-order chi connectivity index (χ0) is 20.2. The number of fused-ring (bicyclic) bond motifs is 1. The number of nitrogens with zero attached hydrogens (tertiary/aromatic N) is 2. The first-order valence-electron chi connectivity index (χ1n) is 9.35. The fourth-order valence-electron chi connectivity index (χ4n) is 3.07. The molecule has 1 aliphatic rings. The van der Waals surface area contributed by atoms with Crippen molar-refractivity contribution >= 4 is 33.2 Å². The zero-order valence-electron chi connectivity index (χ0n) is 15.8. The van der Waals surface area contributed by atoms with Gasteiger partial charge in [-0.3, -0.25) is 4.79 Å². The number of thiophene rings is 1. The van der Waals surface area contributed by atoms with E-state index in [0.717, 1.165) is 14.9 Å². The smallest absolute Gasteiger partial charge is 0.226 e. The highest BCUT2D eigenvalue weighted by molar-refractivity contribution is 9.10. The van der Waals surface area contributed by atoms with Crippen LogP contribution >= 0.6 is 27.3 Å². The van der Waals surface area contributed by atoms with Gasteiger partial charge in [-0.05, 0) is 42.5 Å². The minimum atomic E-state index is -0.165. The Labute approximate surface area is 180 Å². The molecular formula is C20H20BrN3O4S. The first-order valence-corrected chi connectivity index (χ1v) is 11.0. The number of carbonyl (C=O) groups is 1. The molecule has 1 unspecified atom stereocenters. The highest BCUT2D eigenvalue weighted by Crippen LogP contribution is 2.37. The zero-order valence-corrected chi connectivity index (χ0v) is 18.2. The van der Waals surface area contributed by atoms with Crippen LogP contribution in [0.3, 0.4) is 0 Å². The van der Waals surface area contributed by atoms with E-state index in [4.69, 9.17) is 14.0 Å². The molecule has 29 heavy (non-hydrogen) atoms. The third-order valence-corrected chi connectivity index (χ3v) is 6.06. The Balaban J connectivity index is 1.28. The molecule has 0 spiro atoms. The highest BCUT2D eigenvalue weighted by atomic mass is 79.9. The van der Waals surface area contributed by atoms with Crippen LogP contribution in [0.15, 0.2) is 38.6 Å². The molecule has 0 fully saturated rings. The quantitative estimate of drug-likeness (QED) is 0.537. The van der Waals surface area contributed by atoms with E-state index in [2.05, 4.69) is 31.4 Å². The minimum absolute atomic E-state index is 0.0303. The van der Waals surface area contributed by atoms with E-state index in [-0.39, 0.29) is 11.9 Å². The lowest BCUT2D eigenvalue weighted by Crippen LogP contribution is -2.27. The number of hydrogen-bond acceptors (Lipinski definition) is 7. The van der Waals surface area contributed by atoms with Gasteiger partial charge < -0.3 is 19.3 Å². The maximum atomic E-state index is 12.4. The van der Waals surface area contributed by atoms with Crippen molar-refractivity contribution in [2.75, 3.05) is 13.2 Å². The Morgan fingerprint density at radius 2 is 2.10 bits per heavy atom. The number of hydrogen-bond donors (Lipinski definition) is 1. The standard InChI is InChI=1S/C20H20BrN3O4S/c1-12(13-10-15-16(11-14(13)21)27-8-7-26-15)22-18(25)5-2-6-19-23-20(24-28-19)17-4-3-9-29-17/h3-4,9-12H,2,5-8H2,1H3,(H,22,25). The summed E-state index contributed by atoms with van der Waals surface area (Å²) in [6.07, 6.45) is 1.57. The predicted molar refractivity (Wildman–Crippen MR) is 112 cm³/mol. The minimum Gasteiger partial charge on any atom is -0.486 e. The fourth-order valence-corrected chi connectivity index (χ4v) is 4.38. The van der Waals surface area contributed by atoms with E-state index in [9.17, 15) is 4.79 Å². The van der Waals surface area contributed by atoms with Crippen LogP contribution in [0, 0.1) is 0 Å². The number of amides is 1.